The molecule has 1 amide bonds. The maximum atomic E-state index is 11.9. The largest absolute Gasteiger partial charge is 0.483 e. The van der Waals surface area contributed by atoms with Crippen molar-refractivity contribution in [2.45, 2.75) is 26.7 Å². The van der Waals surface area contributed by atoms with Crippen LogP contribution in [0.1, 0.15) is 22.6 Å². The van der Waals surface area contributed by atoms with Crippen molar-refractivity contribution < 1.29 is 9.53 Å². The number of benzene rings is 1. The van der Waals surface area contributed by atoms with Crippen molar-refractivity contribution >= 4 is 34.0 Å². The molecule has 0 atom stereocenters. The van der Waals surface area contributed by atoms with Gasteiger partial charge in [0.1, 0.15) is 10.8 Å². The number of amides is 1. The van der Waals surface area contributed by atoms with E-state index < -0.39 is 0 Å². The molecular weight excluding hydrogens is 322 g/mol. The SMILES string of the molecule is Cc1cccc(C)c1OCC(=O)Nc1nnc(CCCCl)s1. The second-order valence-corrected chi connectivity index (χ2v) is 6.29. The van der Waals surface area contributed by atoms with Gasteiger partial charge in [-0.05, 0) is 31.4 Å². The number of aryl methyl sites for hydroxylation is 3. The smallest absolute Gasteiger partial charge is 0.264 e. The van der Waals surface area contributed by atoms with Crippen molar-refractivity contribution in [1.82, 2.24) is 10.2 Å². The molecule has 1 aromatic heterocycles. The number of halogens is 1. The third-order valence-corrected chi connectivity index (χ3v) is 4.16. The fourth-order valence-corrected chi connectivity index (χ4v) is 2.87. The minimum atomic E-state index is -0.248. The van der Waals surface area contributed by atoms with Crippen molar-refractivity contribution in [3.05, 3.63) is 34.3 Å². The number of carbonyl (C=O) groups excluding carboxylic acids is 1. The molecule has 2 rings (SSSR count). The van der Waals surface area contributed by atoms with Crippen molar-refractivity contribution in [1.29, 1.82) is 0 Å². The topological polar surface area (TPSA) is 64.1 Å². The zero-order valence-corrected chi connectivity index (χ0v) is 14.1. The maximum absolute atomic E-state index is 11.9. The predicted octanol–water partition coefficient (Wildman–Crippen LogP) is 3.34. The average Bonchev–Trinajstić information content (AvgIpc) is 2.92. The molecule has 2 aromatic rings. The highest BCUT2D eigenvalue weighted by molar-refractivity contribution is 7.15. The van der Waals surface area contributed by atoms with Crippen LogP contribution < -0.4 is 10.1 Å². The minimum absolute atomic E-state index is 0.0533. The number of ether oxygens (including phenoxy) is 1. The minimum Gasteiger partial charge on any atom is -0.483 e. The number of rotatable bonds is 7. The van der Waals surface area contributed by atoms with Crippen molar-refractivity contribution in [3.8, 4) is 5.75 Å². The summed E-state index contributed by atoms with van der Waals surface area (Å²) in [5.41, 5.74) is 2.01. The Bertz CT molecular complexity index is 625. The lowest BCUT2D eigenvalue weighted by Gasteiger charge is -2.11. The van der Waals surface area contributed by atoms with Crippen LogP contribution in [-0.4, -0.2) is 28.6 Å². The van der Waals surface area contributed by atoms with Crippen molar-refractivity contribution in [2.75, 3.05) is 17.8 Å². The van der Waals surface area contributed by atoms with Crippen molar-refractivity contribution in [3.63, 3.8) is 0 Å². The lowest BCUT2D eigenvalue weighted by atomic mass is 10.1. The van der Waals surface area contributed by atoms with Crippen LogP contribution in [-0.2, 0) is 11.2 Å². The molecule has 0 aliphatic heterocycles. The molecule has 0 saturated heterocycles. The Labute approximate surface area is 138 Å². The van der Waals surface area contributed by atoms with E-state index in [2.05, 4.69) is 15.5 Å². The Morgan fingerprint density at radius 1 is 1.32 bits per heavy atom. The molecule has 1 N–H and O–H groups in total. The predicted molar refractivity (Wildman–Crippen MR) is 89.0 cm³/mol. The number of anilines is 1. The highest BCUT2D eigenvalue weighted by Crippen LogP contribution is 2.22. The molecule has 1 aromatic carbocycles. The molecule has 0 radical (unpaired) electrons. The second kappa shape index (κ2) is 8.10. The van der Waals surface area contributed by atoms with Crippen LogP contribution in [0.4, 0.5) is 5.13 Å². The number of aromatic nitrogens is 2. The molecular formula is C15H18ClN3O2S. The van der Waals surface area contributed by atoms with Crippen LogP contribution in [0.5, 0.6) is 5.75 Å². The number of alkyl halides is 1. The number of hydrogen-bond acceptors (Lipinski definition) is 5. The third-order valence-electron chi connectivity index (χ3n) is 2.99. The summed E-state index contributed by atoms with van der Waals surface area (Å²) in [6.45, 7) is 3.85. The molecule has 1 heterocycles. The van der Waals surface area contributed by atoms with Gasteiger partial charge < -0.3 is 4.74 Å². The molecule has 118 valence electrons. The lowest BCUT2D eigenvalue weighted by Crippen LogP contribution is -2.20. The van der Waals surface area contributed by atoms with Gasteiger partial charge in [0.05, 0.1) is 0 Å². The van der Waals surface area contributed by atoms with Gasteiger partial charge in [0.2, 0.25) is 5.13 Å². The first-order valence-electron chi connectivity index (χ1n) is 6.97. The van der Waals surface area contributed by atoms with Gasteiger partial charge in [0.15, 0.2) is 6.61 Å². The van der Waals surface area contributed by atoms with Crippen LogP contribution >= 0.6 is 22.9 Å². The van der Waals surface area contributed by atoms with E-state index in [0.29, 0.717) is 11.0 Å². The number of nitrogens with one attached hydrogen (secondary N) is 1. The Morgan fingerprint density at radius 2 is 2.05 bits per heavy atom. The number of para-hydroxylation sites is 1. The maximum Gasteiger partial charge on any atom is 0.264 e. The van der Waals surface area contributed by atoms with Gasteiger partial charge in [-0.1, -0.05) is 29.5 Å². The van der Waals surface area contributed by atoms with Crippen LogP contribution in [0, 0.1) is 13.8 Å². The summed E-state index contributed by atoms with van der Waals surface area (Å²) < 4.78 is 5.60. The fraction of sp³-hybridized carbons (Fsp3) is 0.400. The summed E-state index contributed by atoms with van der Waals surface area (Å²) in [5, 5.41) is 12.0. The van der Waals surface area contributed by atoms with Gasteiger partial charge in [0, 0.05) is 12.3 Å². The van der Waals surface area contributed by atoms with Crippen LogP contribution in [0.15, 0.2) is 18.2 Å². The molecule has 0 bridgehead atoms. The van der Waals surface area contributed by atoms with Crippen LogP contribution in [0.25, 0.3) is 0 Å². The standard InChI is InChI=1S/C15H18ClN3O2S/c1-10-5-3-6-11(2)14(10)21-9-12(20)17-15-19-18-13(22-15)7-4-8-16/h3,5-6H,4,7-9H2,1-2H3,(H,17,19,20). The quantitative estimate of drug-likeness (QED) is 0.786. The summed E-state index contributed by atoms with van der Waals surface area (Å²) in [5.74, 6) is 1.09. The zero-order valence-electron chi connectivity index (χ0n) is 12.6. The van der Waals surface area contributed by atoms with Crippen LogP contribution in [0.3, 0.4) is 0 Å². The zero-order chi connectivity index (χ0) is 15.9. The summed E-state index contributed by atoms with van der Waals surface area (Å²) in [7, 11) is 0. The molecule has 0 fully saturated rings. The van der Waals surface area contributed by atoms with Gasteiger partial charge >= 0.3 is 0 Å². The van der Waals surface area contributed by atoms with E-state index in [9.17, 15) is 4.79 Å². The normalized spacial score (nSPS) is 10.5. The monoisotopic (exact) mass is 339 g/mol. The molecule has 0 saturated carbocycles. The number of carbonyl (C=O) groups is 1. The first-order chi connectivity index (χ1) is 10.6. The van der Waals surface area contributed by atoms with Gasteiger partial charge in [-0.15, -0.1) is 21.8 Å². The van der Waals surface area contributed by atoms with E-state index in [0.717, 1.165) is 34.7 Å². The van der Waals surface area contributed by atoms with Gasteiger partial charge in [-0.2, -0.15) is 0 Å². The van der Waals surface area contributed by atoms with E-state index in [1.165, 1.54) is 11.3 Å². The molecule has 0 spiro atoms. The summed E-state index contributed by atoms with van der Waals surface area (Å²) in [6, 6.07) is 5.86. The Kier molecular flexibility index (Phi) is 6.15. The first-order valence-corrected chi connectivity index (χ1v) is 8.32. The van der Waals surface area contributed by atoms with E-state index in [1.54, 1.807) is 0 Å². The van der Waals surface area contributed by atoms with E-state index in [1.807, 2.05) is 32.0 Å². The summed E-state index contributed by atoms with van der Waals surface area (Å²) in [6.07, 6.45) is 1.62. The van der Waals surface area contributed by atoms with E-state index in [-0.39, 0.29) is 12.5 Å². The number of hydrogen-bond donors (Lipinski definition) is 1. The molecule has 5 nitrogen and oxygen atoms in total. The molecule has 0 unspecified atom stereocenters. The fourth-order valence-electron chi connectivity index (χ4n) is 1.94. The summed E-state index contributed by atoms with van der Waals surface area (Å²) >= 11 is 7.00. The van der Waals surface area contributed by atoms with Gasteiger partial charge in [-0.25, -0.2) is 0 Å². The highest BCUT2D eigenvalue weighted by atomic mass is 35.5. The highest BCUT2D eigenvalue weighted by Gasteiger charge is 2.10. The molecule has 7 heteroatoms. The Hall–Kier alpha value is -1.66. The molecule has 22 heavy (non-hydrogen) atoms. The van der Waals surface area contributed by atoms with E-state index in [4.69, 9.17) is 16.3 Å². The van der Waals surface area contributed by atoms with Gasteiger partial charge in [0.25, 0.3) is 5.91 Å². The Morgan fingerprint density at radius 3 is 2.73 bits per heavy atom. The first kappa shape index (κ1) is 16.7. The average molecular weight is 340 g/mol. The lowest BCUT2D eigenvalue weighted by molar-refractivity contribution is -0.118. The molecule has 0 aliphatic carbocycles. The molecule has 0 aliphatic rings. The van der Waals surface area contributed by atoms with Gasteiger partial charge in [-0.3, -0.25) is 10.1 Å². The second-order valence-electron chi connectivity index (χ2n) is 4.85. The third kappa shape index (κ3) is 4.68. The Balaban J connectivity index is 1.86. The van der Waals surface area contributed by atoms with Crippen LogP contribution in [0.2, 0.25) is 0 Å². The van der Waals surface area contributed by atoms with E-state index >= 15 is 0 Å². The number of nitrogens with zero attached hydrogens (tertiary/aromatic N) is 2. The summed E-state index contributed by atoms with van der Waals surface area (Å²) in [4.78, 5) is 11.9. The van der Waals surface area contributed by atoms with Crippen molar-refractivity contribution in [2.24, 2.45) is 0 Å².